The monoisotopic (exact) mass is 271 g/mol. The molecule has 2 rings (SSSR count). The molecule has 0 saturated carbocycles. The van der Waals surface area contributed by atoms with Crippen LogP contribution in [0.15, 0.2) is 15.5 Å². The quantitative estimate of drug-likeness (QED) is 0.612. The van der Waals surface area contributed by atoms with E-state index in [1.165, 1.54) is 4.57 Å². The first-order valence-electron chi connectivity index (χ1n) is 4.19. The summed E-state index contributed by atoms with van der Waals surface area (Å²) in [6.45, 7) is 0. The van der Waals surface area contributed by atoms with E-state index in [9.17, 15) is 4.79 Å². The zero-order valence-corrected chi connectivity index (χ0v) is 9.55. The molecule has 0 bridgehead atoms. The van der Waals surface area contributed by atoms with Crippen molar-refractivity contribution in [2.45, 2.75) is 0 Å². The summed E-state index contributed by atoms with van der Waals surface area (Å²) in [6, 6.07) is 0. The Labute approximate surface area is 93.4 Å². The molecular weight excluding hydrogens is 262 g/mol. The van der Waals surface area contributed by atoms with Gasteiger partial charge in [0, 0.05) is 17.7 Å². The predicted octanol–water partition coefficient (Wildman–Crippen LogP) is 0.635. The number of nitrogens with one attached hydrogen (secondary N) is 2. The van der Waals surface area contributed by atoms with E-state index in [0.29, 0.717) is 22.9 Å². The molecule has 7 heteroatoms. The molecule has 2 aromatic heterocycles. The number of rotatable bonds is 1. The first kappa shape index (κ1) is 9.91. The standard InChI is InChI=1S/C8H10BrN5O/c1-14-5(7(11)13-8(14)15)4-3(9)2-12-6(4)10/h2,12H,10-11H2,1H3,(H,13,15). The van der Waals surface area contributed by atoms with Gasteiger partial charge in [0.2, 0.25) is 0 Å². The average Bonchev–Trinajstić information content (AvgIpc) is 2.59. The lowest BCUT2D eigenvalue weighted by molar-refractivity contribution is 0.869. The van der Waals surface area contributed by atoms with Crippen LogP contribution in [0.4, 0.5) is 11.6 Å². The Morgan fingerprint density at radius 3 is 2.47 bits per heavy atom. The number of aromatic nitrogens is 3. The fourth-order valence-corrected chi connectivity index (χ4v) is 2.01. The summed E-state index contributed by atoms with van der Waals surface area (Å²) >= 11 is 3.34. The average molecular weight is 272 g/mol. The summed E-state index contributed by atoms with van der Waals surface area (Å²) in [5.74, 6) is 0.762. The third kappa shape index (κ3) is 1.35. The van der Waals surface area contributed by atoms with Crippen molar-refractivity contribution in [1.29, 1.82) is 0 Å². The van der Waals surface area contributed by atoms with Gasteiger partial charge in [0.1, 0.15) is 11.6 Å². The molecule has 0 saturated heterocycles. The third-order valence-corrected chi connectivity index (χ3v) is 2.86. The van der Waals surface area contributed by atoms with Gasteiger partial charge in [-0.25, -0.2) is 4.79 Å². The Morgan fingerprint density at radius 2 is 2.07 bits per heavy atom. The van der Waals surface area contributed by atoms with Crippen LogP contribution in [0.1, 0.15) is 0 Å². The van der Waals surface area contributed by atoms with Gasteiger partial charge in [0.25, 0.3) is 0 Å². The van der Waals surface area contributed by atoms with Crippen LogP contribution >= 0.6 is 15.9 Å². The first-order chi connectivity index (χ1) is 7.02. The Balaban J connectivity index is 2.79. The van der Waals surface area contributed by atoms with E-state index in [2.05, 4.69) is 25.9 Å². The fraction of sp³-hybridized carbons (Fsp3) is 0.125. The maximum atomic E-state index is 11.3. The van der Waals surface area contributed by atoms with E-state index in [-0.39, 0.29) is 5.69 Å². The van der Waals surface area contributed by atoms with Gasteiger partial charge in [-0.05, 0) is 15.9 Å². The molecule has 0 spiro atoms. The van der Waals surface area contributed by atoms with Crippen LogP contribution in [0.3, 0.4) is 0 Å². The Bertz CT molecular complexity index is 545. The molecule has 15 heavy (non-hydrogen) atoms. The normalized spacial score (nSPS) is 10.8. The molecule has 0 unspecified atom stereocenters. The maximum Gasteiger partial charge on any atom is 0.327 e. The van der Waals surface area contributed by atoms with Gasteiger partial charge < -0.3 is 16.5 Å². The number of hydrogen-bond acceptors (Lipinski definition) is 3. The second-order valence-electron chi connectivity index (χ2n) is 3.18. The van der Waals surface area contributed by atoms with Crippen molar-refractivity contribution >= 4 is 27.6 Å². The molecule has 2 heterocycles. The fourth-order valence-electron chi connectivity index (χ4n) is 1.50. The van der Waals surface area contributed by atoms with Crippen molar-refractivity contribution in [3.05, 3.63) is 21.2 Å². The SMILES string of the molecule is Cn1c(-c2c(Br)c[nH]c2N)c(N)[nH]c1=O. The minimum absolute atomic E-state index is 0.269. The number of aromatic amines is 2. The lowest BCUT2D eigenvalue weighted by atomic mass is 10.2. The summed E-state index contributed by atoms with van der Waals surface area (Å²) in [7, 11) is 1.63. The highest BCUT2D eigenvalue weighted by Crippen LogP contribution is 2.34. The maximum absolute atomic E-state index is 11.3. The van der Waals surface area contributed by atoms with Crippen molar-refractivity contribution in [1.82, 2.24) is 14.5 Å². The molecule has 6 N–H and O–H groups in total. The molecule has 0 aliphatic rings. The smallest absolute Gasteiger partial charge is 0.327 e. The van der Waals surface area contributed by atoms with Crippen LogP contribution in [0.2, 0.25) is 0 Å². The first-order valence-corrected chi connectivity index (χ1v) is 4.99. The van der Waals surface area contributed by atoms with Gasteiger partial charge in [0.15, 0.2) is 0 Å². The summed E-state index contributed by atoms with van der Waals surface area (Å²) in [5.41, 5.74) is 12.4. The second-order valence-corrected chi connectivity index (χ2v) is 4.03. The molecule has 0 fully saturated rings. The molecule has 0 aliphatic carbocycles. The Morgan fingerprint density at radius 1 is 1.40 bits per heavy atom. The molecule has 2 aromatic rings. The number of anilines is 2. The molecule has 0 amide bonds. The van der Waals surface area contributed by atoms with Gasteiger partial charge in [-0.1, -0.05) is 0 Å². The van der Waals surface area contributed by atoms with Gasteiger partial charge in [-0.15, -0.1) is 0 Å². The number of H-pyrrole nitrogens is 2. The number of hydrogen-bond donors (Lipinski definition) is 4. The number of imidazole rings is 1. The molecule has 0 aliphatic heterocycles. The summed E-state index contributed by atoms with van der Waals surface area (Å²) in [6.07, 6.45) is 1.70. The predicted molar refractivity (Wildman–Crippen MR) is 62.3 cm³/mol. The van der Waals surface area contributed by atoms with Crippen LogP contribution in [0, 0.1) is 0 Å². The zero-order valence-electron chi connectivity index (χ0n) is 7.97. The number of halogens is 1. The molecule has 6 nitrogen and oxygen atoms in total. The highest BCUT2D eigenvalue weighted by atomic mass is 79.9. The highest BCUT2D eigenvalue weighted by molar-refractivity contribution is 9.10. The van der Waals surface area contributed by atoms with Crippen molar-refractivity contribution in [2.24, 2.45) is 7.05 Å². The van der Waals surface area contributed by atoms with Gasteiger partial charge in [0.05, 0.1) is 11.3 Å². The molecule has 80 valence electrons. The Hall–Kier alpha value is -1.63. The van der Waals surface area contributed by atoms with Crippen molar-refractivity contribution < 1.29 is 0 Å². The van der Waals surface area contributed by atoms with Gasteiger partial charge in [-0.2, -0.15) is 0 Å². The van der Waals surface area contributed by atoms with E-state index in [1.807, 2.05) is 0 Å². The van der Waals surface area contributed by atoms with Crippen molar-refractivity contribution in [2.75, 3.05) is 11.5 Å². The molecule has 0 radical (unpaired) electrons. The lowest BCUT2D eigenvalue weighted by Crippen LogP contribution is -2.13. The summed E-state index contributed by atoms with van der Waals surface area (Å²) in [5, 5.41) is 0. The Kier molecular flexibility index (Phi) is 2.11. The summed E-state index contributed by atoms with van der Waals surface area (Å²) < 4.78 is 2.18. The topological polar surface area (TPSA) is 106 Å². The lowest BCUT2D eigenvalue weighted by Gasteiger charge is -2.03. The van der Waals surface area contributed by atoms with Crippen LogP contribution in [0.5, 0.6) is 0 Å². The van der Waals surface area contributed by atoms with E-state index in [0.717, 1.165) is 4.47 Å². The van der Waals surface area contributed by atoms with Crippen molar-refractivity contribution in [3.8, 4) is 11.3 Å². The van der Waals surface area contributed by atoms with Crippen LogP contribution in [-0.2, 0) is 7.05 Å². The largest absolute Gasteiger partial charge is 0.385 e. The van der Waals surface area contributed by atoms with E-state index >= 15 is 0 Å². The molecular formula is C8H10BrN5O. The minimum Gasteiger partial charge on any atom is -0.385 e. The third-order valence-electron chi connectivity index (χ3n) is 2.24. The van der Waals surface area contributed by atoms with Gasteiger partial charge >= 0.3 is 5.69 Å². The summed E-state index contributed by atoms with van der Waals surface area (Å²) in [4.78, 5) is 16.7. The molecule has 0 aromatic carbocycles. The zero-order chi connectivity index (χ0) is 11.2. The molecule has 0 atom stereocenters. The van der Waals surface area contributed by atoms with E-state index in [4.69, 9.17) is 11.5 Å². The van der Waals surface area contributed by atoms with Crippen LogP contribution in [0.25, 0.3) is 11.3 Å². The van der Waals surface area contributed by atoms with Gasteiger partial charge in [-0.3, -0.25) is 9.55 Å². The van der Waals surface area contributed by atoms with E-state index in [1.54, 1.807) is 13.2 Å². The van der Waals surface area contributed by atoms with E-state index < -0.39 is 0 Å². The number of nitrogen functional groups attached to an aromatic ring is 2. The van der Waals surface area contributed by atoms with Crippen LogP contribution in [-0.4, -0.2) is 14.5 Å². The number of nitrogens with zero attached hydrogens (tertiary/aromatic N) is 1. The van der Waals surface area contributed by atoms with Crippen molar-refractivity contribution in [3.63, 3.8) is 0 Å². The highest BCUT2D eigenvalue weighted by Gasteiger charge is 2.17. The minimum atomic E-state index is -0.269. The van der Waals surface area contributed by atoms with Crippen LogP contribution < -0.4 is 17.2 Å². The number of nitrogens with two attached hydrogens (primary N) is 2. The second kappa shape index (κ2) is 3.20.